The maximum Gasteiger partial charge on any atom is 0.331 e. The van der Waals surface area contributed by atoms with E-state index in [9.17, 15) is 9.59 Å². The summed E-state index contributed by atoms with van der Waals surface area (Å²) < 4.78 is 4.38. The zero-order valence-electron chi connectivity index (χ0n) is 6.95. The van der Waals surface area contributed by atoms with Crippen molar-refractivity contribution in [2.45, 2.75) is 12.8 Å². The summed E-state index contributed by atoms with van der Waals surface area (Å²) in [6.07, 6.45) is 4.17. The van der Waals surface area contributed by atoms with Crippen LogP contribution in [-0.2, 0) is 14.3 Å². The minimum atomic E-state index is -0.435. The molecule has 0 N–H and O–H groups in total. The summed E-state index contributed by atoms with van der Waals surface area (Å²) in [7, 11) is 1.30. The first kappa shape index (κ1) is 8.77. The second-order valence-corrected chi connectivity index (χ2v) is 2.53. The molecule has 1 rings (SSSR count). The average Bonchev–Trinajstić information content (AvgIpc) is 2.47. The molecule has 1 aliphatic rings. The van der Waals surface area contributed by atoms with E-state index in [0.29, 0.717) is 13.0 Å². The number of carbonyl (C=O) groups excluding carboxylic acids is 2. The Morgan fingerprint density at radius 3 is 2.92 bits per heavy atom. The van der Waals surface area contributed by atoms with E-state index in [4.69, 9.17) is 0 Å². The third kappa shape index (κ3) is 2.08. The summed E-state index contributed by atoms with van der Waals surface area (Å²) in [4.78, 5) is 23.2. The molecule has 0 atom stereocenters. The summed E-state index contributed by atoms with van der Waals surface area (Å²) >= 11 is 0. The SMILES string of the molecule is COC(=O)C=CN1CCCC1=O. The number of hydrogen-bond donors (Lipinski definition) is 0. The topological polar surface area (TPSA) is 46.6 Å². The number of methoxy groups -OCH3 is 1. The number of amides is 1. The van der Waals surface area contributed by atoms with Gasteiger partial charge in [0, 0.05) is 25.2 Å². The van der Waals surface area contributed by atoms with Crippen LogP contribution in [0.5, 0.6) is 0 Å². The van der Waals surface area contributed by atoms with Gasteiger partial charge >= 0.3 is 5.97 Å². The van der Waals surface area contributed by atoms with Gasteiger partial charge in [-0.2, -0.15) is 0 Å². The molecule has 0 aromatic rings. The van der Waals surface area contributed by atoms with Gasteiger partial charge in [0.25, 0.3) is 0 Å². The molecule has 0 aromatic carbocycles. The van der Waals surface area contributed by atoms with E-state index in [1.165, 1.54) is 24.3 Å². The Labute approximate surface area is 70.8 Å². The van der Waals surface area contributed by atoms with E-state index >= 15 is 0 Å². The predicted octanol–water partition coefficient (Wildman–Crippen LogP) is 0.295. The predicted molar refractivity (Wildman–Crippen MR) is 42.1 cm³/mol. The minimum Gasteiger partial charge on any atom is -0.466 e. The van der Waals surface area contributed by atoms with Crippen molar-refractivity contribution in [3.8, 4) is 0 Å². The molecule has 0 aromatic heterocycles. The van der Waals surface area contributed by atoms with E-state index in [0.717, 1.165) is 6.42 Å². The smallest absolute Gasteiger partial charge is 0.331 e. The van der Waals surface area contributed by atoms with Gasteiger partial charge < -0.3 is 9.64 Å². The largest absolute Gasteiger partial charge is 0.466 e. The maximum absolute atomic E-state index is 11.0. The molecule has 0 unspecified atom stereocenters. The highest BCUT2D eigenvalue weighted by Gasteiger charge is 2.17. The molecule has 0 saturated carbocycles. The van der Waals surface area contributed by atoms with Crippen LogP contribution in [0, 0.1) is 0 Å². The zero-order valence-corrected chi connectivity index (χ0v) is 6.95. The molecule has 0 bridgehead atoms. The normalized spacial score (nSPS) is 17.4. The summed E-state index contributed by atoms with van der Waals surface area (Å²) in [5.74, 6) is -0.371. The molecule has 1 aliphatic heterocycles. The van der Waals surface area contributed by atoms with Gasteiger partial charge in [0.1, 0.15) is 0 Å². The van der Waals surface area contributed by atoms with Crippen LogP contribution in [0.15, 0.2) is 12.3 Å². The highest BCUT2D eigenvalue weighted by atomic mass is 16.5. The second kappa shape index (κ2) is 3.90. The Morgan fingerprint density at radius 1 is 1.67 bits per heavy atom. The van der Waals surface area contributed by atoms with Crippen LogP contribution in [0.4, 0.5) is 0 Å². The molecular weight excluding hydrogens is 158 g/mol. The van der Waals surface area contributed by atoms with Crippen LogP contribution >= 0.6 is 0 Å². The maximum atomic E-state index is 11.0. The van der Waals surface area contributed by atoms with Crippen molar-refractivity contribution in [2.24, 2.45) is 0 Å². The molecule has 4 nitrogen and oxygen atoms in total. The highest BCUT2D eigenvalue weighted by Crippen LogP contribution is 2.09. The molecule has 1 heterocycles. The fourth-order valence-corrected chi connectivity index (χ4v) is 1.05. The number of hydrogen-bond acceptors (Lipinski definition) is 3. The van der Waals surface area contributed by atoms with Crippen molar-refractivity contribution in [3.63, 3.8) is 0 Å². The van der Waals surface area contributed by atoms with Gasteiger partial charge in [-0.1, -0.05) is 0 Å². The Balaban J connectivity index is 2.44. The minimum absolute atomic E-state index is 0.0650. The zero-order chi connectivity index (χ0) is 8.97. The van der Waals surface area contributed by atoms with Crippen molar-refractivity contribution < 1.29 is 14.3 Å². The Kier molecular flexibility index (Phi) is 2.85. The van der Waals surface area contributed by atoms with E-state index in [1.807, 2.05) is 0 Å². The highest BCUT2D eigenvalue weighted by molar-refractivity contribution is 5.84. The lowest BCUT2D eigenvalue weighted by molar-refractivity contribution is -0.134. The second-order valence-electron chi connectivity index (χ2n) is 2.53. The molecule has 1 amide bonds. The van der Waals surface area contributed by atoms with E-state index < -0.39 is 5.97 Å². The Bertz CT molecular complexity index is 222. The third-order valence-corrected chi connectivity index (χ3v) is 1.70. The number of likely N-dealkylation sites (tertiary alicyclic amines) is 1. The molecule has 0 aliphatic carbocycles. The molecule has 0 spiro atoms. The standard InChI is InChI=1S/C8H11NO3/c1-12-8(11)4-6-9-5-2-3-7(9)10/h4,6H,2-3,5H2,1H3. The Morgan fingerprint density at radius 2 is 2.42 bits per heavy atom. The van der Waals surface area contributed by atoms with Crippen LogP contribution in [0.3, 0.4) is 0 Å². The van der Waals surface area contributed by atoms with Gasteiger partial charge in [-0.15, -0.1) is 0 Å². The van der Waals surface area contributed by atoms with Gasteiger partial charge in [0.15, 0.2) is 0 Å². The Hall–Kier alpha value is -1.32. The fourth-order valence-electron chi connectivity index (χ4n) is 1.05. The number of nitrogens with zero attached hydrogens (tertiary/aromatic N) is 1. The van der Waals surface area contributed by atoms with Gasteiger partial charge in [0.2, 0.25) is 5.91 Å². The van der Waals surface area contributed by atoms with Gasteiger partial charge in [0.05, 0.1) is 7.11 Å². The number of carbonyl (C=O) groups is 2. The van der Waals surface area contributed by atoms with Crippen LogP contribution < -0.4 is 0 Å². The van der Waals surface area contributed by atoms with Crippen LogP contribution in [0.1, 0.15) is 12.8 Å². The third-order valence-electron chi connectivity index (χ3n) is 1.70. The van der Waals surface area contributed by atoms with Crippen molar-refractivity contribution in [1.29, 1.82) is 0 Å². The first-order valence-electron chi connectivity index (χ1n) is 3.79. The van der Waals surface area contributed by atoms with E-state index in [-0.39, 0.29) is 5.91 Å². The molecule has 4 heteroatoms. The number of rotatable bonds is 2. The van der Waals surface area contributed by atoms with E-state index in [1.54, 1.807) is 0 Å². The summed E-state index contributed by atoms with van der Waals surface area (Å²) in [6, 6.07) is 0. The number of esters is 1. The lowest BCUT2D eigenvalue weighted by atomic mass is 10.4. The number of ether oxygens (including phenoxy) is 1. The first-order valence-corrected chi connectivity index (χ1v) is 3.79. The molecule has 0 radical (unpaired) electrons. The van der Waals surface area contributed by atoms with Crippen LogP contribution in [0.25, 0.3) is 0 Å². The average molecular weight is 169 g/mol. The van der Waals surface area contributed by atoms with Crippen molar-refractivity contribution >= 4 is 11.9 Å². The molecule has 1 fully saturated rings. The van der Waals surface area contributed by atoms with Crippen molar-refractivity contribution in [2.75, 3.05) is 13.7 Å². The quantitative estimate of drug-likeness (QED) is 0.441. The molecular formula is C8H11NO3. The molecule has 1 saturated heterocycles. The van der Waals surface area contributed by atoms with Gasteiger partial charge in [-0.3, -0.25) is 4.79 Å². The first-order chi connectivity index (χ1) is 5.74. The monoisotopic (exact) mass is 169 g/mol. The summed E-state index contributed by atoms with van der Waals surface area (Å²) in [6.45, 7) is 0.701. The lowest BCUT2D eigenvalue weighted by Gasteiger charge is -2.07. The van der Waals surface area contributed by atoms with E-state index in [2.05, 4.69) is 4.74 Å². The van der Waals surface area contributed by atoms with Crippen LogP contribution in [-0.4, -0.2) is 30.4 Å². The fraction of sp³-hybridized carbons (Fsp3) is 0.500. The lowest BCUT2D eigenvalue weighted by Crippen LogP contribution is -2.17. The van der Waals surface area contributed by atoms with Crippen molar-refractivity contribution in [3.05, 3.63) is 12.3 Å². The van der Waals surface area contributed by atoms with Crippen LogP contribution in [0.2, 0.25) is 0 Å². The molecule has 12 heavy (non-hydrogen) atoms. The van der Waals surface area contributed by atoms with Gasteiger partial charge in [-0.05, 0) is 6.42 Å². The summed E-state index contributed by atoms with van der Waals surface area (Å²) in [5, 5.41) is 0. The molecule has 66 valence electrons. The van der Waals surface area contributed by atoms with Gasteiger partial charge in [-0.25, -0.2) is 4.79 Å². The summed E-state index contributed by atoms with van der Waals surface area (Å²) in [5.41, 5.74) is 0. The van der Waals surface area contributed by atoms with Crippen molar-refractivity contribution in [1.82, 2.24) is 4.90 Å².